The number of para-hydroxylation sites is 2. The molecule has 1 saturated heterocycles. The van der Waals surface area contributed by atoms with Crippen LogP contribution in [0.15, 0.2) is 52.7 Å². The van der Waals surface area contributed by atoms with Crippen molar-refractivity contribution >= 4 is 28.7 Å². The zero-order valence-corrected chi connectivity index (χ0v) is 19.6. The second kappa shape index (κ2) is 10.3. The summed E-state index contributed by atoms with van der Waals surface area (Å²) in [7, 11) is 3.70. The number of aromatic amines is 1. The van der Waals surface area contributed by atoms with Crippen LogP contribution in [0.2, 0.25) is 0 Å². The number of nitrogens with zero attached hydrogens (tertiary/aromatic N) is 3. The molecule has 0 spiro atoms. The Morgan fingerprint density at radius 1 is 1.27 bits per heavy atom. The molecule has 2 heterocycles. The predicted molar refractivity (Wildman–Crippen MR) is 127 cm³/mol. The molecule has 0 aliphatic carbocycles. The van der Waals surface area contributed by atoms with Crippen LogP contribution in [0.3, 0.4) is 0 Å². The third-order valence-electron chi connectivity index (χ3n) is 5.50. The van der Waals surface area contributed by atoms with Crippen molar-refractivity contribution < 1.29 is 4.79 Å². The van der Waals surface area contributed by atoms with E-state index in [0.29, 0.717) is 5.25 Å². The minimum absolute atomic E-state index is 0.0660. The Morgan fingerprint density at radius 3 is 2.73 bits per heavy atom. The van der Waals surface area contributed by atoms with E-state index in [2.05, 4.69) is 48.9 Å². The van der Waals surface area contributed by atoms with E-state index in [1.807, 2.05) is 32.3 Å². The molecular formula is C24H34N4OS. The number of nitrogens with one attached hydrogen (secondary N) is 1. The first kappa shape index (κ1) is 22.6. The van der Waals surface area contributed by atoms with Gasteiger partial charge in [-0.3, -0.25) is 9.69 Å². The number of thioether (sulfide) groups is 1. The minimum atomic E-state index is -0.0660. The molecule has 0 unspecified atom stereocenters. The lowest BCUT2D eigenvalue weighted by molar-refractivity contribution is -0.133. The van der Waals surface area contributed by atoms with Gasteiger partial charge in [0, 0.05) is 32.4 Å². The topological polar surface area (TPSA) is 52.2 Å². The van der Waals surface area contributed by atoms with Gasteiger partial charge < -0.3 is 9.88 Å². The molecule has 1 aliphatic heterocycles. The summed E-state index contributed by atoms with van der Waals surface area (Å²) in [5.41, 5.74) is 4.80. The van der Waals surface area contributed by atoms with E-state index in [9.17, 15) is 4.79 Å². The van der Waals surface area contributed by atoms with Gasteiger partial charge in [0.1, 0.15) is 0 Å². The van der Waals surface area contributed by atoms with Crippen LogP contribution >= 0.6 is 11.8 Å². The fourth-order valence-corrected chi connectivity index (χ4v) is 4.99. The number of aromatic nitrogens is 2. The van der Waals surface area contributed by atoms with Gasteiger partial charge in [-0.15, -0.1) is 0 Å². The van der Waals surface area contributed by atoms with Gasteiger partial charge in [0.2, 0.25) is 5.91 Å². The largest absolute Gasteiger partial charge is 0.347 e. The molecule has 0 radical (unpaired) electrons. The van der Waals surface area contributed by atoms with E-state index in [1.54, 1.807) is 16.7 Å². The van der Waals surface area contributed by atoms with Crippen LogP contribution in [0.25, 0.3) is 11.0 Å². The second-order valence-electron chi connectivity index (χ2n) is 8.61. The number of hydrogen-bond donors (Lipinski definition) is 1. The van der Waals surface area contributed by atoms with E-state index < -0.39 is 0 Å². The third kappa shape index (κ3) is 5.99. The van der Waals surface area contributed by atoms with Crippen LogP contribution in [0, 0.1) is 0 Å². The van der Waals surface area contributed by atoms with Crippen LogP contribution in [0.4, 0.5) is 0 Å². The van der Waals surface area contributed by atoms with E-state index in [0.717, 1.165) is 48.5 Å². The van der Waals surface area contributed by atoms with E-state index in [1.165, 1.54) is 11.1 Å². The lowest BCUT2D eigenvalue weighted by atomic mass is 10.1. The van der Waals surface area contributed by atoms with Gasteiger partial charge in [-0.2, -0.15) is 0 Å². The first-order valence-corrected chi connectivity index (χ1v) is 11.6. The normalized spacial score (nSPS) is 20.0. The molecule has 1 amide bonds. The Labute approximate surface area is 184 Å². The summed E-state index contributed by atoms with van der Waals surface area (Å²) in [6.45, 7) is 8.19. The van der Waals surface area contributed by atoms with Crippen molar-refractivity contribution in [2.24, 2.45) is 0 Å². The highest BCUT2D eigenvalue weighted by Crippen LogP contribution is 2.33. The summed E-state index contributed by atoms with van der Waals surface area (Å²) in [6.07, 6.45) is 7.58. The summed E-state index contributed by atoms with van der Waals surface area (Å²) in [4.78, 5) is 25.0. The summed E-state index contributed by atoms with van der Waals surface area (Å²) in [6, 6.07) is 8.04. The van der Waals surface area contributed by atoms with Crippen LogP contribution in [-0.2, 0) is 4.79 Å². The lowest BCUT2D eigenvalue weighted by Crippen LogP contribution is -2.42. The standard InChI is InChI=1S/C24H34N4OS/c1-17(2)9-8-10-18(3)13-14-28-16-19(15-22(28)23(29)27(4)5)30-24-25-20-11-6-7-12-21(20)26-24/h6-7,9,11-13,19,22H,8,10,14-16H2,1-5H3,(H,25,26)/b18-13+/t19-,22-/m0/s1. The molecular weight excluding hydrogens is 392 g/mol. The number of fused-ring (bicyclic) bond motifs is 1. The number of amides is 1. The maximum absolute atomic E-state index is 12.8. The van der Waals surface area contributed by atoms with Crippen molar-refractivity contribution in [3.63, 3.8) is 0 Å². The average Bonchev–Trinajstić information content (AvgIpc) is 3.28. The van der Waals surface area contributed by atoms with Crippen LogP contribution in [0.5, 0.6) is 0 Å². The Hall–Kier alpha value is -2.05. The minimum Gasteiger partial charge on any atom is -0.347 e. The molecule has 1 N–H and O–H groups in total. The summed E-state index contributed by atoms with van der Waals surface area (Å²) in [5, 5.41) is 1.28. The molecule has 30 heavy (non-hydrogen) atoms. The van der Waals surface area contributed by atoms with Gasteiger partial charge in [0.15, 0.2) is 5.16 Å². The number of benzene rings is 1. The number of allylic oxidation sites excluding steroid dienone is 3. The number of imidazole rings is 1. The number of rotatable bonds is 8. The number of carbonyl (C=O) groups excluding carboxylic acids is 1. The van der Waals surface area contributed by atoms with Crippen molar-refractivity contribution in [1.29, 1.82) is 0 Å². The first-order chi connectivity index (χ1) is 14.3. The molecule has 3 rings (SSSR count). The van der Waals surface area contributed by atoms with E-state index in [4.69, 9.17) is 4.98 Å². The fourth-order valence-electron chi connectivity index (χ4n) is 3.81. The quantitative estimate of drug-likeness (QED) is 0.611. The Morgan fingerprint density at radius 2 is 2.03 bits per heavy atom. The lowest BCUT2D eigenvalue weighted by Gasteiger charge is -2.25. The van der Waals surface area contributed by atoms with Gasteiger partial charge in [0.25, 0.3) is 0 Å². The number of likely N-dealkylation sites (tertiary alicyclic amines) is 1. The van der Waals surface area contributed by atoms with Crippen molar-refractivity contribution in [2.45, 2.75) is 56.5 Å². The fraction of sp³-hybridized carbons (Fsp3) is 0.500. The molecule has 1 aromatic heterocycles. The maximum atomic E-state index is 12.8. The average molecular weight is 427 g/mol. The van der Waals surface area contributed by atoms with Gasteiger partial charge in [-0.25, -0.2) is 4.98 Å². The Balaban J connectivity index is 1.66. The summed E-state index contributed by atoms with van der Waals surface area (Å²) in [5.74, 6) is 0.193. The van der Waals surface area contributed by atoms with Gasteiger partial charge in [0.05, 0.1) is 17.1 Å². The molecule has 1 aliphatic rings. The third-order valence-corrected chi connectivity index (χ3v) is 6.59. The van der Waals surface area contributed by atoms with Gasteiger partial charge in [-0.05, 0) is 52.2 Å². The number of carbonyl (C=O) groups is 1. The SMILES string of the molecule is CC(C)=CCC/C(C)=C/CN1C[C@@H](Sc2nc3ccccc3[nH]2)C[C@H]1C(=O)N(C)C. The van der Waals surface area contributed by atoms with Crippen LogP contribution < -0.4 is 0 Å². The molecule has 2 aromatic rings. The van der Waals surface area contributed by atoms with Crippen molar-refractivity contribution in [1.82, 2.24) is 19.8 Å². The second-order valence-corrected chi connectivity index (χ2v) is 9.90. The zero-order chi connectivity index (χ0) is 21.7. The molecule has 162 valence electrons. The highest BCUT2D eigenvalue weighted by atomic mass is 32.2. The van der Waals surface area contributed by atoms with E-state index >= 15 is 0 Å². The molecule has 1 fully saturated rings. The molecule has 1 aromatic carbocycles. The molecule has 0 saturated carbocycles. The summed E-state index contributed by atoms with van der Waals surface area (Å²) < 4.78 is 0. The highest BCUT2D eigenvalue weighted by Gasteiger charge is 2.37. The van der Waals surface area contributed by atoms with Crippen molar-refractivity contribution in [2.75, 3.05) is 27.2 Å². The number of hydrogen-bond acceptors (Lipinski definition) is 4. The highest BCUT2D eigenvalue weighted by molar-refractivity contribution is 7.99. The van der Waals surface area contributed by atoms with Crippen LogP contribution in [0.1, 0.15) is 40.0 Å². The van der Waals surface area contributed by atoms with Gasteiger partial charge in [-0.1, -0.05) is 47.2 Å². The zero-order valence-electron chi connectivity index (χ0n) is 18.8. The maximum Gasteiger partial charge on any atom is 0.239 e. The van der Waals surface area contributed by atoms with Crippen LogP contribution in [-0.4, -0.2) is 64.2 Å². The molecule has 2 atom stereocenters. The van der Waals surface area contributed by atoms with Gasteiger partial charge >= 0.3 is 0 Å². The van der Waals surface area contributed by atoms with Crippen molar-refractivity contribution in [3.05, 3.63) is 47.6 Å². The molecule has 6 heteroatoms. The smallest absolute Gasteiger partial charge is 0.239 e. The predicted octanol–water partition coefficient (Wildman–Crippen LogP) is 4.88. The number of H-pyrrole nitrogens is 1. The monoisotopic (exact) mass is 426 g/mol. The first-order valence-electron chi connectivity index (χ1n) is 10.7. The Kier molecular flexibility index (Phi) is 7.78. The molecule has 5 nitrogen and oxygen atoms in total. The summed E-state index contributed by atoms with van der Waals surface area (Å²) >= 11 is 1.76. The molecule has 0 bridgehead atoms. The Bertz CT molecular complexity index is 893. The van der Waals surface area contributed by atoms with Crippen molar-refractivity contribution in [3.8, 4) is 0 Å². The number of likely N-dealkylation sites (N-methyl/N-ethyl adjacent to an activating group) is 1. The van der Waals surface area contributed by atoms with E-state index in [-0.39, 0.29) is 11.9 Å².